The number of para-hydroxylation sites is 1. The normalized spacial score (nSPS) is 13.4. The smallest absolute Gasteiger partial charge is 0.212 e. The van der Waals surface area contributed by atoms with Crippen LogP contribution in [0, 0.1) is 0 Å². The molecule has 0 amide bonds. The van der Waals surface area contributed by atoms with Crippen molar-refractivity contribution in [3.05, 3.63) is 54.6 Å². The van der Waals surface area contributed by atoms with E-state index in [1.165, 1.54) is 0 Å². The van der Waals surface area contributed by atoms with Crippen LogP contribution < -0.4 is 10.7 Å². The van der Waals surface area contributed by atoms with Crippen molar-refractivity contribution in [2.45, 2.75) is 0 Å². The first-order valence-corrected chi connectivity index (χ1v) is 7.00. The van der Waals surface area contributed by atoms with Crippen molar-refractivity contribution < 1.29 is 0 Å². The molecular weight excluding hydrogens is 298 g/mol. The largest absolute Gasteiger partial charge is 0.353 e. The first-order valence-electron chi connectivity index (χ1n) is 7.00. The van der Waals surface area contributed by atoms with Gasteiger partial charge in [0.05, 0.1) is 12.1 Å². The topological polar surface area (TPSA) is 54.2 Å². The Labute approximate surface area is 134 Å². The first kappa shape index (κ1) is 14.4. The molecule has 0 saturated heterocycles. The van der Waals surface area contributed by atoms with Crippen LogP contribution in [0.25, 0.3) is 22.2 Å². The third-order valence-corrected chi connectivity index (χ3v) is 3.52. The number of hydrogen-bond donors (Lipinski definition) is 2. The van der Waals surface area contributed by atoms with Gasteiger partial charge < -0.3 is 5.32 Å². The second-order valence-corrected chi connectivity index (χ2v) is 4.91. The van der Waals surface area contributed by atoms with Crippen LogP contribution in [0.1, 0.15) is 0 Å². The summed E-state index contributed by atoms with van der Waals surface area (Å²) in [4.78, 5) is 6.14. The van der Waals surface area contributed by atoms with Crippen LogP contribution in [-0.2, 0) is 0 Å². The lowest BCUT2D eigenvalue weighted by Gasteiger charge is -2.06. The fourth-order valence-corrected chi connectivity index (χ4v) is 2.53. The van der Waals surface area contributed by atoms with E-state index in [0.717, 1.165) is 41.2 Å². The van der Waals surface area contributed by atoms with Gasteiger partial charge in [-0.05, 0) is 6.07 Å². The van der Waals surface area contributed by atoms with Crippen molar-refractivity contribution >= 4 is 29.3 Å². The highest BCUT2D eigenvalue weighted by atomic mass is 35.5. The van der Waals surface area contributed by atoms with Gasteiger partial charge in [0.15, 0.2) is 0 Å². The number of aromatic nitrogens is 2. The molecule has 0 bridgehead atoms. The Bertz CT molecular complexity index is 810. The minimum atomic E-state index is 0. The van der Waals surface area contributed by atoms with Crippen LogP contribution in [0.3, 0.4) is 0 Å². The lowest BCUT2D eigenvalue weighted by atomic mass is 10.1. The molecule has 3 aromatic rings. The zero-order valence-electron chi connectivity index (χ0n) is 11.9. The van der Waals surface area contributed by atoms with Crippen molar-refractivity contribution in [1.29, 1.82) is 0 Å². The lowest BCUT2D eigenvalue weighted by Crippen LogP contribution is -2.33. The van der Waals surface area contributed by atoms with E-state index in [1.54, 1.807) is 4.79 Å². The second kappa shape index (κ2) is 6.07. The Morgan fingerprint density at radius 3 is 2.55 bits per heavy atom. The molecule has 0 unspecified atom stereocenters. The van der Waals surface area contributed by atoms with Crippen LogP contribution in [0.2, 0.25) is 0 Å². The van der Waals surface area contributed by atoms with Crippen LogP contribution >= 0.6 is 12.4 Å². The van der Waals surface area contributed by atoms with Crippen molar-refractivity contribution in [2.24, 2.45) is 4.99 Å². The molecule has 2 heterocycles. The van der Waals surface area contributed by atoms with E-state index < -0.39 is 0 Å². The molecule has 0 saturated carbocycles. The van der Waals surface area contributed by atoms with Gasteiger partial charge in [0.25, 0.3) is 0 Å². The van der Waals surface area contributed by atoms with Gasteiger partial charge in [-0.3, -0.25) is 0 Å². The van der Waals surface area contributed by atoms with Crippen molar-refractivity contribution in [1.82, 2.24) is 15.2 Å². The number of rotatable bonds is 2. The zero-order valence-corrected chi connectivity index (χ0v) is 12.7. The summed E-state index contributed by atoms with van der Waals surface area (Å²) in [6.07, 6.45) is 0. The summed E-state index contributed by atoms with van der Waals surface area (Å²) in [5.41, 5.74) is 6.33. The van der Waals surface area contributed by atoms with Gasteiger partial charge >= 0.3 is 0 Å². The number of halogens is 1. The van der Waals surface area contributed by atoms with E-state index in [4.69, 9.17) is 5.10 Å². The Balaban J connectivity index is 0.00000144. The van der Waals surface area contributed by atoms with Gasteiger partial charge in [-0.15, -0.1) is 12.4 Å². The quantitative estimate of drug-likeness (QED) is 0.764. The Morgan fingerprint density at radius 2 is 1.77 bits per heavy atom. The van der Waals surface area contributed by atoms with Gasteiger partial charge in [0, 0.05) is 17.5 Å². The predicted molar refractivity (Wildman–Crippen MR) is 92.1 cm³/mol. The summed E-state index contributed by atoms with van der Waals surface area (Å²) >= 11 is 0. The van der Waals surface area contributed by atoms with Gasteiger partial charge in [-0.2, -0.15) is 9.89 Å². The highest BCUT2D eigenvalue weighted by molar-refractivity contribution is 5.96. The molecule has 6 heteroatoms. The molecule has 112 valence electrons. The lowest BCUT2D eigenvalue weighted by molar-refractivity contribution is 0.835. The molecule has 2 aromatic carbocycles. The molecule has 0 atom stereocenters. The molecule has 0 aliphatic carbocycles. The number of nitrogens with one attached hydrogen (secondary N) is 2. The summed E-state index contributed by atoms with van der Waals surface area (Å²) in [6, 6.07) is 18.4. The van der Waals surface area contributed by atoms with Crippen LogP contribution in [-0.4, -0.2) is 28.9 Å². The SMILES string of the molecule is Cl.c1ccc(-c2nn(NC3=NCCN3)c3ccccc23)cc1. The molecule has 1 aromatic heterocycles. The van der Waals surface area contributed by atoms with Crippen molar-refractivity contribution in [3.63, 3.8) is 0 Å². The molecule has 0 radical (unpaired) electrons. The standard InChI is InChI=1S/C16H15N5.ClH/c1-2-6-12(7-3-1)15-13-8-4-5-9-14(13)21(19-15)20-16-17-10-11-18-16;/h1-9H,10-11H2,(H2,17,18,20);1H. The van der Waals surface area contributed by atoms with Crippen LogP contribution in [0.15, 0.2) is 59.6 Å². The first-order chi connectivity index (χ1) is 10.4. The van der Waals surface area contributed by atoms with Crippen molar-refractivity contribution in [3.8, 4) is 11.3 Å². The zero-order chi connectivity index (χ0) is 14.1. The summed E-state index contributed by atoms with van der Waals surface area (Å²) in [5.74, 6) is 0.767. The summed E-state index contributed by atoms with van der Waals surface area (Å²) in [7, 11) is 0. The molecular formula is C16H16ClN5. The van der Waals surface area contributed by atoms with Gasteiger partial charge in [0.1, 0.15) is 5.69 Å². The molecule has 0 fully saturated rings. The number of benzene rings is 2. The number of fused-ring (bicyclic) bond motifs is 1. The predicted octanol–water partition coefficient (Wildman–Crippen LogP) is 2.63. The molecule has 2 N–H and O–H groups in total. The molecule has 0 spiro atoms. The summed E-state index contributed by atoms with van der Waals surface area (Å²) in [6.45, 7) is 1.67. The highest BCUT2D eigenvalue weighted by Gasteiger charge is 2.13. The average molecular weight is 314 g/mol. The monoisotopic (exact) mass is 313 g/mol. The minimum absolute atomic E-state index is 0. The second-order valence-electron chi connectivity index (χ2n) is 4.91. The van der Waals surface area contributed by atoms with E-state index >= 15 is 0 Å². The number of aliphatic imine (C=N–C) groups is 1. The molecule has 22 heavy (non-hydrogen) atoms. The molecule has 4 rings (SSSR count). The Morgan fingerprint density at radius 1 is 1.00 bits per heavy atom. The highest BCUT2D eigenvalue weighted by Crippen LogP contribution is 2.26. The van der Waals surface area contributed by atoms with Gasteiger partial charge in [0.2, 0.25) is 5.96 Å². The molecule has 1 aliphatic heterocycles. The Kier molecular flexibility index (Phi) is 3.98. The number of hydrogen-bond acceptors (Lipinski definition) is 4. The fourth-order valence-electron chi connectivity index (χ4n) is 2.53. The Hall–Kier alpha value is -2.53. The average Bonchev–Trinajstić information content (AvgIpc) is 3.17. The number of guanidine groups is 1. The molecule has 1 aliphatic rings. The maximum atomic E-state index is 4.71. The third kappa shape index (κ3) is 2.51. The van der Waals surface area contributed by atoms with E-state index in [9.17, 15) is 0 Å². The maximum Gasteiger partial charge on any atom is 0.212 e. The molecule has 5 nitrogen and oxygen atoms in total. The van der Waals surface area contributed by atoms with Gasteiger partial charge in [-0.25, -0.2) is 10.4 Å². The van der Waals surface area contributed by atoms with E-state index in [2.05, 4.69) is 40.0 Å². The van der Waals surface area contributed by atoms with Gasteiger partial charge in [-0.1, -0.05) is 48.5 Å². The third-order valence-electron chi connectivity index (χ3n) is 3.52. The maximum absolute atomic E-state index is 4.71. The summed E-state index contributed by atoms with van der Waals surface area (Å²) in [5, 5.41) is 9.02. The summed E-state index contributed by atoms with van der Waals surface area (Å²) < 4.78 is 0. The van der Waals surface area contributed by atoms with E-state index in [-0.39, 0.29) is 12.4 Å². The minimum Gasteiger partial charge on any atom is -0.353 e. The van der Waals surface area contributed by atoms with Crippen LogP contribution in [0.5, 0.6) is 0 Å². The number of nitrogens with zero attached hydrogens (tertiary/aromatic N) is 3. The van der Waals surface area contributed by atoms with Crippen molar-refractivity contribution in [2.75, 3.05) is 18.5 Å². The fraction of sp³-hybridized carbons (Fsp3) is 0.125. The van der Waals surface area contributed by atoms with E-state index in [1.807, 2.05) is 30.3 Å². The van der Waals surface area contributed by atoms with E-state index in [0.29, 0.717) is 0 Å². The van der Waals surface area contributed by atoms with Crippen LogP contribution in [0.4, 0.5) is 0 Å².